The lowest BCUT2D eigenvalue weighted by Crippen LogP contribution is -2.13. The Morgan fingerprint density at radius 2 is 1.81 bits per heavy atom. The molecule has 2 aromatic carbocycles. The Morgan fingerprint density at radius 3 is 2.38 bits per heavy atom. The molecule has 112 valence electrons. The summed E-state index contributed by atoms with van der Waals surface area (Å²) in [5.74, 6) is 1.06. The van der Waals surface area contributed by atoms with Crippen molar-refractivity contribution in [3.05, 3.63) is 63.6 Å². The number of benzene rings is 2. The third-order valence-corrected chi connectivity index (χ3v) is 4.23. The molecule has 3 heteroatoms. The van der Waals surface area contributed by atoms with Crippen LogP contribution in [0.3, 0.4) is 0 Å². The van der Waals surface area contributed by atoms with Crippen LogP contribution in [0.5, 0.6) is 5.75 Å². The predicted octanol–water partition coefficient (Wildman–Crippen LogP) is 4.16. The van der Waals surface area contributed by atoms with Crippen LogP contribution >= 0.6 is 15.9 Å². The molecule has 1 unspecified atom stereocenters. The highest BCUT2D eigenvalue weighted by Gasteiger charge is 2.11. The van der Waals surface area contributed by atoms with Gasteiger partial charge in [-0.1, -0.05) is 35.9 Å². The topological polar surface area (TPSA) is 29.5 Å². The van der Waals surface area contributed by atoms with Gasteiger partial charge in [-0.25, -0.2) is 0 Å². The lowest BCUT2D eigenvalue weighted by molar-refractivity contribution is 0.225. The molecule has 0 aromatic heterocycles. The molecule has 1 atom stereocenters. The lowest BCUT2D eigenvalue weighted by Gasteiger charge is -2.15. The van der Waals surface area contributed by atoms with Gasteiger partial charge in [0.2, 0.25) is 0 Å². The standard InChI is InChI=1S/C18H21BrO2/c1-13-4-3-5-14(8-13)9-16(12-20)10-15-6-7-18(21-2)17(19)11-15/h3-8,11,16,20H,9-10,12H2,1-2H3. The van der Waals surface area contributed by atoms with Gasteiger partial charge in [0.15, 0.2) is 0 Å². The number of aliphatic hydroxyl groups excluding tert-OH is 1. The van der Waals surface area contributed by atoms with Crippen molar-refractivity contribution in [1.29, 1.82) is 0 Å². The fraction of sp³-hybridized carbons (Fsp3) is 0.333. The SMILES string of the molecule is COc1ccc(CC(CO)Cc2cccc(C)c2)cc1Br. The average molecular weight is 349 g/mol. The second-order valence-corrected chi connectivity index (χ2v) is 6.27. The van der Waals surface area contributed by atoms with Gasteiger partial charge in [-0.3, -0.25) is 0 Å². The molecule has 0 radical (unpaired) electrons. The van der Waals surface area contributed by atoms with E-state index in [0.717, 1.165) is 23.1 Å². The summed E-state index contributed by atoms with van der Waals surface area (Å²) in [5, 5.41) is 9.65. The van der Waals surface area contributed by atoms with E-state index in [2.05, 4.69) is 59.3 Å². The van der Waals surface area contributed by atoms with Gasteiger partial charge in [-0.05, 0) is 64.9 Å². The summed E-state index contributed by atoms with van der Waals surface area (Å²) in [6.45, 7) is 2.29. The molecule has 0 heterocycles. The summed E-state index contributed by atoms with van der Waals surface area (Å²) in [6, 6.07) is 14.6. The molecule has 0 aliphatic heterocycles. The van der Waals surface area contributed by atoms with Crippen LogP contribution in [0.2, 0.25) is 0 Å². The van der Waals surface area contributed by atoms with E-state index in [1.54, 1.807) is 7.11 Å². The van der Waals surface area contributed by atoms with Crippen molar-refractivity contribution in [2.75, 3.05) is 13.7 Å². The smallest absolute Gasteiger partial charge is 0.133 e. The number of hydrogen-bond acceptors (Lipinski definition) is 2. The van der Waals surface area contributed by atoms with E-state index in [1.165, 1.54) is 16.7 Å². The zero-order valence-electron chi connectivity index (χ0n) is 12.5. The number of rotatable bonds is 6. The molecule has 2 aromatic rings. The van der Waals surface area contributed by atoms with Crippen molar-refractivity contribution >= 4 is 15.9 Å². The highest BCUT2D eigenvalue weighted by atomic mass is 79.9. The van der Waals surface area contributed by atoms with Crippen molar-refractivity contribution < 1.29 is 9.84 Å². The van der Waals surface area contributed by atoms with E-state index in [1.807, 2.05) is 6.07 Å². The van der Waals surface area contributed by atoms with Crippen molar-refractivity contribution in [3.63, 3.8) is 0 Å². The van der Waals surface area contributed by atoms with E-state index in [0.29, 0.717) is 0 Å². The zero-order valence-corrected chi connectivity index (χ0v) is 14.1. The van der Waals surface area contributed by atoms with Gasteiger partial charge in [-0.2, -0.15) is 0 Å². The number of hydrogen-bond donors (Lipinski definition) is 1. The summed E-state index contributed by atoms with van der Waals surface area (Å²) >= 11 is 3.51. The van der Waals surface area contributed by atoms with Crippen LogP contribution in [0, 0.1) is 12.8 Å². The number of ether oxygens (including phenoxy) is 1. The van der Waals surface area contributed by atoms with E-state index in [4.69, 9.17) is 4.74 Å². The van der Waals surface area contributed by atoms with Gasteiger partial charge in [0.1, 0.15) is 5.75 Å². The first-order valence-electron chi connectivity index (χ1n) is 7.11. The van der Waals surface area contributed by atoms with Crippen molar-refractivity contribution in [3.8, 4) is 5.75 Å². The first-order chi connectivity index (χ1) is 10.1. The van der Waals surface area contributed by atoms with Crippen molar-refractivity contribution in [1.82, 2.24) is 0 Å². The van der Waals surface area contributed by atoms with E-state index >= 15 is 0 Å². The van der Waals surface area contributed by atoms with Crippen LogP contribution in [-0.4, -0.2) is 18.8 Å². The van der Waals surface area contributed by atoms with Crippen molar-refractivity contribution in [2.24, 2.45) is 5.92 Å². The Hall–Kier alpha value is -1.32. The highest BCUT2D eigenvalue weighted by Crippen LogP contribution is 2.27. The highest BCUT2D eigenvalue weighted by molar-refractivity contribution is 9.10. The summed E-state index contributed by atoms with van der Waals surface area (Å²) in [5.41, 5.74) is 3.74. The minimum atomic E-state index is 0.192. The van der Waals surface area contributed by atoms with Gasteiger partial charge in [0.25, 0.3) is 0 Å². The Kier molecular flexibility index (Phi) is 5.83. The van der Waals surface area contributed by atoms with Crippen LogP contribution in [0.25, 0.3) is 0 Å². The van der Waals surface area contributed by atoms with Crippen LogP contribution < -0.4 is 4.74 Å². The van der Waals surface area contributed by atoms with Crippen LogP contribution in [0.1, 0.15) is 16.7 Å². The van der Waals surface area contributed by atoms with Gasteiger partial charge >= 0.3 is 0 Å². The lowest BCUT2D eigenvalue weighted by atomic mass is 9.92. The third kappa shape index (κ3) is 4.58. The first kappa shape index (κ1) is 16.1. The molecular formula is C18H21BrO2. The normalized spacial score (nSPS) is 12.2. The second kappa shape index (κ2) is 7.62. The molecule has 0 fully saturated rings. The maximum atomic E-state index is 9.65. The summed E-state index contributed by atoms with van der Waals surface area (Å²) in [7, 11) is 1.66. The van der Waals surface area contributed by atoms with E-state index < -0.39 is 0 Å². The molecule has 0 aliphatic carbocycles. The number of halogens is 1. The molecule has 21 heavy (non-hydrogen) atoms. The summed E-state index contributed by atoms with van der Waals surface area (Å²) in [6.07, 6.45) is 1.74. The molecule has 2 nitrogen and oxygen atoms in total. The fourth-order valence-electron chi connectivity index (χ4n) is 2.54. The number of aryl methyl sites for hydroxylation is 1. The van der Waals surface area contributed by atoms with Gasteiger partial charge in [0.05, 0.1) is 11.6 Å². The first-order valence-corrected chi connectivity index (χ1v) is 7.90. The number of aliphatic hydroxyl groups is 1. The molecule has 1 N–H and O–H groups in total. The quantitative estimate of drug-likeness (QED) is 0.849. The molecular weight excluding hydrogens is 328 g/mol. The van der Waals surface area contributed by atoms with Crippen LogP contribution in [-0.2, 0) is 12.8 Å². The Labute approximate surface area is 134 Å². The largest absolute Gasteiger partial charge is 0.496 e. The molecule has 0 aliphatic rings. The Balaban J connectivity index is 2.07. The van der Waals surface area contributed by atoms with E-state index in [-0.39, 0.29) is 12.5 Å². The monoisotopic (exact) mass is 348 g/mol. The summed E-state index contributed by atoms with van der Waals surface area (Å²) < 4.78 is 6.20. The maximum absolute atomic E-state index is 9.65. The average Bonchev–Trinajstić information content (AvgIpc) is 2.47. The zero-order chi connectivity index (χ0) is 15.2. The molecule has 0 saturated heterocycles. The van der Waals surface area contributed by atoms with Gasteiger partial charge in [-0.15, -0.1) is 0 Å². The molecule has 0 saturated carbocycles. The summed E-state index contributed by atoms with van der Waals surface area (Å²) in [4.78, 5) is 0. The van der Waals surface area contributed by atoms with Crippen LogP contribution in [0.15, 0.2) is 46.9 Å². The van der Waals surface area contributed by atoms with E-state index in [9.17, 15) is 5.11 Å². The van der Waals surface area contributed by atoms with Gasteiger partial charge in [0, 0.05) is 6.61 Å². The number of methoxy groups -OCH3 is 1. The Bertz CT molecular complexity index is 596. The predicted molar refractivity (Wildman–Crippen MR) is 89.9 cm³/mol. The molecule has 0 bridgehead atoms. The van der Waals surface area contributed by atoms with Gasteiger partial charge < -0.3 is 9.84 Å². The second-order valence-electron chi connectivity index (χ2n) is 5.41. The van der Waals surface area contributed by atoms with Crippen molar-refractivity contribution in [2.45, 2.75) is 19.8 Å². The Morgan fingerprint density at radius 1 is 1.10 bits per heavy atom. The molecule has 2 rings (SSSR count). The minimum Gasteiger partial charge on any atom is -0.496 e. The third-order valence-electron chi connectivity index (χ3n) is 3.61. The minimum absolute atomic E-state index is 0.192. The van der Waals surface area contributed by atoms with Crippen LogP contribution in [0.4, 0.5) is 0 Å². The fourth-order valence-corrected chi connectivity index (χ4v) is 3.13. The molecule has 0 amide bonds. The molecule has 0 spiro atoms. The maximum Gasteiger partial charge on any atom is 0.133 e.